The lowest BCUT2D eigenvalue weighted by atomic mass is 10.1. The van der Waals surface area contributed by atoms with Gasteiger partial charge in [-0.05, 0) is 30.5 Å². The molecule has 0 unspecified atom stereocenters. The minimum absolute atomic E-state index is 0.304. The molecule has 0 spiro atoms. The Morgan fingerprint density at radius 1 is 1.39 bits per heavy atom. The van der Waals surface area contributed by atoms with Gasteiger partial charge in [0.2, 0.25) is 0 Å². The van der Waals surface area contributed by atoms with Crippen molar-refractivity contribution in [3.05, 3.63) is 29.6 Å². The molecule has 98 valence electrons. The highest BCUT2D eigenvalue weighted by Crippen LogP contribution is 2.19. The Kier molecular flexibility index (Phi) is 6.60. The van der Waals surface area contributed by atoms with Crippen LogP contribution in [-0.2, 0) is 0 Å². The molecule has 0 saturated heterocycles. The molecular weight excluding hydrogens is 251 g/mol. The summed E-state index contributed by atoms with van der Waals surface area (Å²) in [7, 11) is 0. The number of halogens is 2. The zero-order valence-electron chi connectivity index (χ0n) is 10.8. The van der Waals surface area contributed by atoms with Crippen LogP contribution in [0.25, 0.3) is 0 Å². The van der Waals surface area contributed by atoms with Gasteiger partial charge >= 0.3 is 0 Å². The summed E-state index contributed by atoms with van der Waals surface area (Å²) in [5.41, 5.74) is 0.587. The normalized spacial score (nSPS) is 10.1. The number of alkyl halides is 1. The van der Waals surface area contributed by atoms with Gasteiger partial charge in [0, 0.05) is 12.3 Å². The quantitative estimate of drug-likeness (QED) is 0.574. The minimum atomic E-state index is -0.304. The Balaban J connectivity index is 2.74. The molecule has 1 nitrogen and oxygen atoms in total. The Morgan fingerprint density at radius 2 is 2.17 bits per heavy atom. The molecular formula is C15H18ClFO. The first-order valence-electron chi connectivity index (χ1n) is 6.10. The molecule has 0 radical (unpaired) electrons. The molecule has 0 aliphatic carbocycles. The number of hydrogen-bond acceptors (Lipinski definition) is 1. The number of hydrogen-bond donors (Lipinski definition) is 0. The second kappa shape index (κ2) is 8.00. The van der Waals surface area contributed by atoms with E-state index in [2.05, 4.69) is 25.7 Å². The first-order chi connectivity index (χ1) is 8.63. The molecule has 1 rings (SSSR count). The van der Waals surface area contributed by atoms with Crippen LogP contribution in [-0.4, -0.2) is 12.5 Å². The fourth-order valence-corrected chi connectivity index (χ4v) is 1.43. The van der Waals surface area contributed by atoms with Crippen LogP contribution in [0.4, 0.5) is 4.39 Å². The van der Waals surface area contributed by atoms with Crippen molar-refractivity contribution in [1.82, 2.24) is 0 Å². The lowest BCUT2D eigenvalue weighted by molar-refractivity contribution is 0.288. The molecule has 0 saturated carbocycles. The third-order valence-electron chi connectivity index (χ3n) is 2.34. The number of benzene rings is 1. The van der Waals surface area contributed by atoms with Crippen LogP contribution in [0, 0.1) is 23.6 Å². The van der Waals surface area contributed by atoms with Crippen LogP contribution in [0.15, 0.2) is 18.2 Å². The van der Waals surface area contributed by atoms with Crippen molar-refractivity contribution in [3.8, 4) is 17.6 Å². The Bertz CT molecular complexity index is 432. The molecule has 0 heterocycles. The summed E-state index contributed by atoms with van der Waals surface area (Å²) in [6.45, 7) is 4.89. The second-order valence-corrected chi connectivity index (χ2v) is 4.79. The maximum atomic E-state index is 13.2. The highest BCUT2D eigenvalue weighted by atomic mass is 35.5. The van der Waals surface area contributed by atoms with Crippen LogP contribution in [0.1, 0.15) is 32.3 Å². The van der Waals surface area contributed by atoms with E-state index in [9.17, 15) is 4.39 Å². The Labute approximate surface area is 113 Å². The molecule has 18 heavy (non-hydrogen) atoms. The van der Waals surface area contributed by atoms with E-state index >= 15 is 0 Å². The predicted octanol–water partition coefficient (Wildman–Crippen LogP) is 4.23. The van der Waals surface area contributed by atoms with Gasteiger partial charge in [-0.15, -0.1) is 11.6 Å². The van der Waals surface area contributed by atoms with Crippen molar-refractivity contribution in [2.75, 3.05) is 12.5 Å². The summed E-state index contributed by atoms with van der Waals surface area (Å²) in [6, 6.07) is 4.41. The molecule has 0 aliphatic heterocycles. The van der Waals surface area contributed by atoms with Gasteiger partial charge in [0.1, 0.15) is 11.6 Å². The van der Waals surface area contributed by atoms with Crippen LogP contribution in [0.2, 0.25) is 0 Å². The average Bonchev–Trinajstić information content (AvgIpc) is 2.32. The van der Waals surface area contributed by atoms with Gasteiger partial charge in [-0.25, -0.2) is 4.39 Å². The summed E-state index contributed by atoms with van der Waals surface area (Å²) in [5, 5.41) is 0. The Morgan fingerprint density at radius 3 is 2.83 bits per heavy atom. The summed E-state index contributed by atoms with van der Waals surface area (Å²) in [5.74, 6) is 7.17. The molecule has 0 amide bonds. The van der Waals surface area contributed by atoms with Crippen molar-refractivity contribution < 1.29 is 9.13 Å². The van der Waals surface area contributed by atoms with E-state index in [1.54, 1.807) is 6.07 Å². The fourth-order valence-electron chi connectivity index (χ4n) is 1.34. The van der Waals surface area contributed by atoms with E-state index in [0.717, 1.165) is 6.42 Å². The highest BCUT2D eigenvalue weighted by molar-refractivity contribution is 6.18. The van der Waals surface area contributed by atoms with Crippen molar-refractivity contribution in [1.29, 1.82) is 0 Å². The van der Waals surface area contributed by atoms with Gasteiger partial charge in [-0.2, -0.15) is 0 Å². The van der Waals surface area contributed by atoms with Crippen molar-refractivity contribution in [3.63, 3.8) is 0 Å². The van der Waals surface area contributed by atoms with Gasteiger partial charge in [0.15, 0.2) is 0 Å². The first kappa shape index (κ1) is 14.9. The van der Waals surface area contributed by atoms with Gasteiger partial charge in [0.25, 0.3) is 0 Å². The molecule has 1 aromatic carbocycles. The third kappa shape index (κ3) is 5.42. The van der Waals surface area contributed by atoms with E-state index in [-0.39, 0.29) is 5.82 Å². The topological polar surface area (TPSA) is 9.23 Å². The van der Waals surface area contributed by atoms with Gasteiger partial charge < -0.3 is 4.74 Å². The Hall–Kier alpha value is -1.20. The molecule has 1 aromatic rings. The van der Waals surface area contributed by atoms with Gasteiger partial charge in [-0.1, -0.05) is 25.7 Å². The average molecular weight is 269 g/mol. The van der Waals surface area contributed by atoms with E-state index in [1.807, 2.05) is 0 Å². The maximum Gasteiger partial charge on any atom is 0.135 e. The molecule has 0 atom stereocenters. The molecule has 0 fully saturated rings. The zero-order chi connectivity index (χ0) is 13.4. The lowest BCUT2D eigenvalue weighted by Gasteiger charge is -2.09. The molecule has 3 heteroatoms. The number of rotatable bonds is 5. The monoisotopic (exact) mass is 268 g/mol. The molecule has 0 N–H and O–H groups in total. The van der Waals surface area contributed by atoms with Crippen molar-refractivity contribution >= 4 is 11.6 Å². The third-order valence-corrected chi connectivity index (χ3v) is 2.53. The molecule has 0 aliphatic rings. The van der Waals surface area contributed by atoms with Crippen molar-refractivity contribution in [2.45, 2.75) is 26.7 Å². The minimum Gasteiger partial charge on any atom is -0.492 e. The van der Waals surface area contributed by atoms with E-state index in [4.69, 9.17) is 16.3 Å². The summed E-state index contributed by atoms with van der Waals surface area (Å²) in [6.07, 6.45) is 1.55. The van der Waals surface area contributed by atoms with E-state index in [1.165, 1.54) is 12.1 Å². The van der Waals surface area contributed by atoms with E-state index in [0.29, 0.717) is 36.1 Å². The predicted molar refractivity (Wildman–Crippen MR) is 73.6 cm³/mol. The van der Waals surface area contributed by atoms with Crippen molar-refractivity contribution in [2.24, 2.45) is 5.92 Å². The molecule has 0 aromatic heterocycles. The summed E-state index contributed by atoms with van der Waals surface area (Å²) >= 11 is 5.55. The summed E-state index contributed by atoms with van der Waals surface area (Å²) in [4.78, 5) is 0. The van der Waals surface area contributed by atoms with Crippen LogP contribution in [0.3, 0.4) is 0 Å². The first-order valence-corrected chi connectivity index (χ1v) is 6.64. The maximum absolute atomic E-state index is 13.2. The highest BCUT2D eigenvalue weighted by Gasteiger charge is 2.04. The summed E-state index contributed by atoms with van der Waals surface area (Å²) < 4.78 is 18.8. The van der Waals surface area contributed by atoms with Crippen LogP contribution < -0.4 is 4.74 Å². The largest absolute Gasteiger partial charge is 0.492 e. The second-order valence-electron chi connectivity index (χ2n) is 4.41. The SMILES string of the molecule is CC(C)CCOc1ccc(F)cc1C#CCCCl. The standard InChI is InChI=1S/C15H18ClFO/c1-12(2)8-10-18-15-7-6-14(17)11-13(15)5-3-4-9-16/h6-7,11-12H,4,8-10H2,1-2H3. The lowest BCUT2D eigenvalue weighted by Crippen LogP contribution is -2.02. The van der Waals surface area contributed by atoms with Crippen LogP contribution in [0.5, 0.6) is 5.75 Å². The fraction of sp³-hybridized carbons (Fsp3) is 0.467. The molecule has 0 bridgehead atoms. The van der Waals surface area contributed by atoms with E-state index < -0.39 is 0 Å². The van der Waals surface area contributed by atoms with Gasteiger partial charge in [-0.3, -0.25) is 0 Å². The van der Waals surface area contributed by atoms with Crippen LogP contribution >= 0.6 is 11.6 Å². The van der Waals surface area contributed by atoms with Gasteiger partial charge in [0.05, 0.1) is 12.2 Å². The smallest absolute Gasteiger partial charge is 0.135 e. The zero-order valence-corrected chi connectivity index (χ0v) is 11.6. The number of ether oxygens (including phenoxy) is 1.